The molecule has 2 heterocycles. The first-order valence-electron chi connectivity index (χ1n) is 7.59. The van der Waals surface area contributed by atoms with Crippen molar-refractivity contribution in [2.24, 2.45) is 0 Å². The van der Waals surface area contributed by atoms with Crippen LogP contribution in [0.2, 0.25) is 0 Å². The lowest BCUT2D eigenvalue weighted by atomic mass is 10.0. The fraction of sp³-hybridized carbons (Fsp3) is 0.222. The minimum absolute atomic E-state index is 0.202. The monoisotopic (exact) mass is 311 g/mol. The van der Waals surface area contributed by atoms with E-state index in [-0.39, 0.29) is 11.6 Å². The van der Waals surface area contributed by atoms with E-state index in [0.29, 0.717) is 17.6 Å². The van der Waals surface area contributed by atoms with Crippen molar-refractivity contribution in [3.05, 3.63) is 53.6 Å². The smallest absolute Gasteiger partial charge is 0.170 e. The molecule has 4 nitrogen and oxygen atoms in total. The molecule has 1 saturated carbocycles. The van der Waals surface area contributed by atoms with Crippen molar-refractivity contribution in [3.8, 4) is 11.1 Å². The second-order valence-corrected chi connectivity index (χ2v) is 5.67. The fourth-order valence-corrected chi connectivity index (χ4v) is 2.31. The molecule has 1 fully saturated rings. The third-order valence-corrected chi connectivity index (χ3v) is 3.65. The Morgan fingerprint density at radius 3 is 2.57 bits per heavy atom. The van der Waals surface area contributed by atoms with Gasteiger partial charge in [0.05, 0.1) is 0 Å². The van der Waals surface area contributed by atoms with E-state index < -0.39 is 0 Å². The third kappa shape index (κ3) is 3.23. The molecule has 1 aliphatic carbocycles. The standard InChI is InChI=1S/C15H12FN3O.C3H6/c1-9-6-11(16)3-4-12(9)10-2-5-14-18-15(17)13(8-20)19(14)7-10;1-2-3-1/h2-8H,17H2,1H3;1-3H2. The van der Waals surface area contributed by atoms with E-state index in [4.69, 9.17) is 5.73 Å². The lowest BCUT2D eigenvalue weighted by Crippen LogP contribution is -1.95. The predicted octanol–water partition coefficient (Wildman–Crippen LogP) is 4.01. The summed E-state index contributed by atoms with van der Waals surface area (Å²) >= 11 is 0. The van der Waals surface area contributed by atoms with E-state index >= 15 is 0 Å². The Balaban J connectivity index is 0.000000468. The topological polar surface area (TPSA) is 60.4 Å². The van der Waals surface area contributed by atoms with Crippen molar-refractivity contribution in [1.82, 2.24) is 9.38 Å². The maximum atomic E-state index is 13.2. The number of fused-ring (bicyclic) bond motifs is 1. The molecule has 0 spiro atoms. The second kappa shape index (κ2) is 6.20. The van der Waals surface area contributed by atoms with Gasteiger partial charge in [-0.25, -0.2) is 9.37 Å². The predicted molar refractivity (Wildman–Crippen MR) is 89.0 cm³/mol. The zero-order valence-electron chi connectivity index (χ0n) is 12.9. The molecule has 1 aliphatic rings. The highest BCUT2D eigenvalue weighted by Gasteiger charge is 2.10. The number of carbonyl (C=O) groups is 1. The van der Waals surface area contributed by atoms with Gasteiger partial charge in [-0.2, -0.15) is 0 Å². The second-order valence-electron chi connectivity index (χ2n) is 5.67. The average molecular weight is 311 g/mol. The van der Waals surface area contributed by atoms with Gasteiger partial charge in [-0.15, -0.1) is 0 Å². The van der Waals surface area contributed by atoms with Crippen LogP contribution in [0, 0.1) is 12.7 Å². The number of benzene rings is 1. The molecular formula is C18H18FN3O. The number of imidazole rings is 1. The Kier molecular flexibility index (Phi) is 4.10. The summed E-state index contributed by atoms with van der Waals surface area (Å²) in [6, 6.07) is 8.25. The van der Waals surface area contributed by atoms with Gasteiger partial charge in [0, 0.05) is 6.20 Å². The summed E-state index contributed by atoms with van der Waals surface area (Å²) < 4.78 is 14.8. The highest BCUT2D eigenvalue weighted by molar-refractivity contribution is 5.82. The molecule has 0 unspecified atom stereocenters. The van der Waals surface area contributed by atoms with E-state index in [1.165, 1.54) is 31.4 Å². The number of nitrogen functional groups attached to an aromatic ring is 1. The Morgan fingerprint density at radius 1 is 1.22 bits per heavy atom. The van der Waals surface area contributed by atoms with Crippen LogP contribution >= 0.6 is 0 Å². The SMILES string of the molecule is C1CC1.Cc1cc(F)ccc1-c1ccc2nc(N)c(C=O)n2c1. The summed E-state index contributed by atoms with van der Waals surface area (Å²) in [5.74, 6) is -0.0687. The zero-order valence-corrected chi connectivity index (χ0v) is 12.9. The van der Waals surface area contributed by atoms with Crippen LogP contribution in [0.3, 0.4) is 0 Å². The van der Waals surface area contributed by atoms with Crippen LogP contribution in [0.5, 0.6) is 0 Å². The summed E-state index contributed by atoms with van der Waals surface area (Å²) in [5.41, 5.74) is 9.21. The van der Waals surface area contributed by atoms with Crippen LogP contribution in [0.4, 0.5) is 10.2 Å². The van der Waals surface area contributed by atoms with Gasteiger partial charge < -0.3 is 5.73 Å². The Bertz CT molecular complexity index is 865. The maximum absolute atomic E-state index is 13.2. The molecule has 23 heavy (non-hydrogen) atoms. The minimum atomic E-state index is -0.271. The molecule has 5 heteroatoms. The molecule has 2 N–H and O–H groups in total. The first-order valence-corrected chi connectivity index (χ1v) is 7.59. The first-order chi connectivity index (χ1) is 11.1. The van der Waals surface area contributed by atoms with Crippen molar-refractivity contribution < 1.29 is 9.18 Å². The molecule has 0 bridgehead atoms. The Hall–Kier alpha value is -2.69. The van der Waals surface area contributed by atoms with E-state index in [9.17, 15) is 9.18 Å². The Morgan fingerprint density at radius 2 is 1.96 bits per heavy atom. The number of halogens is 1. The number of aromatic nitrogens is 2. The zero-order chi connectivity index (χ0) is 16.4. The molecule has 0 aliphatic heterocycles. The van der Waals surface area contributed by atoms with E-state index in [2.05, 4.69) is 4.98 Å². The number of aryl methyl sites for hydroxylation is 1. The molecule has 0 saturated heterocycles. The number of nitrogens with two attached hydrogens (primary N) is 1. The van der Waals surface area contributed by atoms with Crippen molar-refractivity contribution >= 4 is 17.8 Å². The van der Waals surface area contributed by atoms with Gasteiger partial charge in [-0.3, -0.25) is 9.20 Å². The van der Waals surface area contributed by atoms with Gasteiger partial charge in [-0.1, -0.05) is 25.3 Å². The molecule has 3 aromatic rings. The number of rotatable bonds is 2. The number of hydrogen-bond donors (Lipinski definition) is 1. The van der Waals surface area contributed by atoms with Crippen molar-refractivity contribution in [2.45, 2.75) is 26.2 Å². The van der Waals surface area contributed by atoms with Crippen molar-refractivity contribution in [3.63, 3.8) is 0 Å². The van der Waals surface area contributed by atoms with Crippen LogP contribution in [-0.2, 0) is 0 Å². The van der Waals surface area contributed by atoms with Gasteiger partial charge in [-0.05, 0) is 47.9 Å². The average Bonchev–Trinajstić information content (AvgIpc) is 3.35. The number of aldehydes is 1. The van der Waals surface area contributed by atoms with Gasteiger partial charge in [0.2, 0.25) is 0 Å². The molecule has 1 aromatic carbocycles. The molecular weight excluding hydrogens is 293 g/mol. The molecule has 118 valence electrons. The lowest BCUT2D eigenvalue weighted by Gasteiger charge is -2.07. The highest BCUT2D eigenvalue weighted by Crippen LogP contribution is 2.25. The number of carbonyl (C=O) groups excluding carboxylic acids is 1. The summed E-state index contributed by atoms with van der Waals surface area (Å²) in [6.07, 6.45) is 6.96. The molecule has 4 rings (SSSR count). The van der Waals surface area contributed by atoms with Crippen LogP contribution < -0.4 is 5.73 Å². The van der Waals surface area contributed by atoms with Crippen LogP contribution in [-0.4, -0.2) is 15.7 Å². The van der Waals surface area contributed by atoms with Crippen LogP contribution in [0.25, 0.3) is 16.8 Å². The molecule has 0 atom stereocenters. The Labute approximate surface area is 133 Å². The number of pyridine rings is 1. The molecule has 0 radical (unpaired) electrons. The fourth-order valence-electron chi connectivity index (χ4n) is 2.31. The normalized spacial score (nSPS) is 12.6. The summed E-state index contributed by atoms with van der Waals surface area (Å²) in [4.78, 5) is 15.2. The number of anilines is 1. The minimum Gasteiger partial charge on any atom is -0.382 e. The summed E-state index contributed by atoms with van der Waals surface area (Å²) in [6.45, 7) is 1.84. The van der Waals surface area contributed by atoms with Gasteiger partial charge in [0.1, 0.15) is 17.2 Å². The van der Waals surface area contributed by atoms with Crippen LogP contribution in [0.1, 0.15) is 35.3 Å². The summed E-state index contributed by atoms with van der Waals surface area (Å²) in [5, 5.41) is 0. The quantitative estimate of drug-likeness (QED) is 0.727. The van der Waals surface area contributed by atoms with Crippen molar-refractivity contribution in [1.29, 1.82) is 0 Å². The van der Waals surface area contributed by atoms with Gasteiger partial charge in [0.25, 0.3) is 0 Å². The number of hydrogen-bond acceptors (Lipinski definition) is 3. The van der Waals surface area contributed by atoms with E-state index in [0.717, 1.165) is 16.7 Å². The van der Waals surface area contributed by atoms with E-state index in [1.807, 2.05) is 13.0 Å². The third-order valence-electron chi connectivity index (χ3n) is 3.65. The first kappa shape index (κ1) is 15.2. The van der Waals surface area contributed by atoms with Crippen molar-refractivity contribution in [2.75, 3.05) is 5.73 Å². The largest absolute Gasteiger partial charge is 0.382 e. The van der Waals surface area contributed by atoms with E-state index in [1.54, 1.807) is 22.7 Å². The van der Waals surface area contributed by atoms with Gasteiger partial charge in [0.15, 0.2) is 12.1 Å². The lowest BCUT2D eigenvalue weighted by molar-refractivity contribution is 0.111. The van der Waals surface area contributed by atoms with Crippen LogP contribution in [0.15, 0.2) is 36.5 Å². The maximum Gasteiger partial charge on any atom is 0.170 e. The van der Waals surface area contributed by atoms with Gasteiger partial charge >= 0.3 is 0 Å². The highest BCUT2D eigenvalue weighted by atomic mass is 19.1. The number of nitrogens with zero attached hydrogens (tertiary/aromatic N) is 2. The molecule has 2 aromatic heterocycles. The molecule has 0 amide bonds. The summed E-state index contributed by atoms with van der Waals surface area (Å²) in [7, 11) is 0.